The number of amides is 1. The van der Waals surface area contributed by atoms with Gasteiger partial charge in [-0.05, 0) is 24.3 Å². The summed E-state index contributed by atoms with van der Waals surface area (Å²) in [5, 5.41) is 2.84. The Morgan fingerprint density at radius 2 is 1.96 bits per heavy atom. The highest BCUT2D eigenvalue weighted by Gasteiger charge is 2.22. The van der Waals surface area contributed by atoms with Crippen LogP contribution in [0.4, 0.5) is 4.39 Å². The Bertz CT molecular complexity index is 907. The molecule has 1 N–H and O–H groups in total. The molecule has 2 heterocycles. The first-order chi connectivity index (χ1) is 12.7. The number of ether oxygens (including phenoxy) is 1. The molecule has 2 aromatic carbocycles. The topological polar surface area (TPSA) is 56.2 Å². The number of aromatic nitrogens is 2. The number of hydrogen-bond donors (Lipinski definition) is 1. The molecule has 0 radical (unpaired) electrons. The molecule has 0 aliphatic carbocycles. The molecule has 1 aliphatic heterocycles. The predicted molar refractivity (Wildman–Crippen MR) is 95.0 cm³/mol. The lowest BCUT2D eigenvalue weighted by molar-refractivity contribution is 0.00327. The molecule has 26 heavy (non-hydrogen) atoms. The Kier molecular flexibility index (Phi) is 4.50. The van der Waals surface area contributed by atoms with E-state index < -0.39 is 0 Å². The smallest absolute Gasteiger partial charge is 0.251 e. The van der Waals surface area contributed by atoms with Gasteiger partial charge in [-0.1, -0.05) is 30.3 Å². The molecule has 1 atom stereocenters. The summed E-state index contributed by atoms with van der Waals surface area (Å²) in [5.74, 6) is 0.277. The normalized spacial score (nSPS) is 16.1. The third kappa shape index (κ3) is 3.50. The van der Waals surface area contributed by atoms with Gasteiger partial charge in [0.1, 0.15) is 18.2 Å². The van der Waals surface area contributed by atoms with Gasteiger partial charge in [0, 0.05) is 23.9 Å². The van der Waals surface area contributed by atoms with Gasteiger partial charge in [0.05, 0.1) is 18.3 Å². The minimum atomic E-state index is -0.362. The van der Waals surface area contributed by atoms with Crippen molar-refractivity contribution in [3.05, 3.63) is 78.0 Å². The average Bonchev–Trinajstić information content (AvgIpc) is 3.11. The van der Waals surface area contributed by atoms with Gasteiger partial charge in [-0.25, -0.2) is 9.37 Å². The molecule has 0 fully saturated rings. The molecule has 132 valence electrons. The summed E-state index contributed by atoms with van der Waals surface area (Å²) in [6.07, 6.45) is 1.88. The lowest BCUT2D eigenvalue weighted by atomic mass is 10.2. The molecule has 0 saturated heterocycles. The maximum Gasteiger partial charge on any atom is 0.251 e. The zero-order valence-corrected chi connectivity index (χ0v) is 14.1. The molecule has 0 unspecified atom stereocenters. The summed E-state index contributed by atoms with van der Waals surface area (Å²) < 4.78 is 20.8. The second-order valence-electron chi connectivity index (χ2n) is 6.21. The highest BCUT2D eigenvalue weighted by molar-refractivity contribution is 5.94. The number of nitrogens with zero attached hydrogens (tertiary/aromatic N) is 2. The number of benzene rings is 2. The van der Waals surface area contributed by atoms with Crippen LogP contribution in [0.2, 0.25) is 0 Å². The molecule has 1 aromatic heterocycles. The van der Waals surface area contributed by atoms with E-state index in [4.69, 9.17) is 4.74 Å². The minimum absolute atomic E-state index is 0.135. The zero-order chi connectivity index (χ0) is 17.9. The minimum Gasteiger partial charge on any atom is -0.367 e. The number of rotatable bonds is 4. The van der Waals surface area contributed by atoms with Crippen molar-refractivity contribution in [2.75, 3.05) is 6.54 Å². The van der Waals surface area contributed by atoms with E-state index in [1.54, 1.807) is 0 Å². The lowest BCUT2D eigenvalue weighted by Crippen LogP contribution is -2.38. The number of carbonyl (C=O) groups is 1. The summed E-state index contributed by atoms with van der Waals surface area (Å²) in [6.45, 7) is 1.41. The van der Waals surface area contributed by atoms with Crippen LogP contribution in [0.25, 0.3) is 11.3 Å². The van der Waals surface area contributed by atoms with E-state index in [1.165, 1.54) is 24.3 Å². The SMILES string of the molecule is O=C(NC[C@H]1Cn2cc(-c3ccccc3)nc2CO1)c1ccc(F)cc1. The Hall–Kier alpha value is -2.99. The predicted octanol–water partition coefficient (Wildman–Crippen LogP) is 3.02. The van der Waals surface area contributed by atoms with E-state index >= 15 is 0 Å². The van der Waals surface area contributed by atoms with E-state index in [0.717, 1.165) is 17.1 Å². The molecule has 1 amide bonds. The number of nitrogens with one attached hydrogen (secondary N) is 1. The Morgan fingerprint density at radius 3 is 2.73 bits per heavy atom. The van der Waals surface area contributed by atoms with Gasteiger partial charge in [-0.2, -0.15) is 0 Å². The molecule has 1 aliphatic rings. The highest BCUT2D eigenvalue weighted by atomic mass is 19.1. The summed E-state index contributed by atoms with van der Waals surface area (Å²) in [6, 6.07) is 15.5. The maximum atomic E-state index is 12.9. The van der Waals surface area contributed by atoms with Crippen molar-refractivity contribution in [3.63, 3.8) is 0 Å². The van der Waals surface area contributed by atoms with E-state index in [1.807, 2.05) is 36.5 Å². The van der Waals surface area contributed by atoms with Crippen LogP contribution in [-0.2, 0) is 17.9 Å². The number of halogens is 1. The van der Waals surface area contributed by atoms with Crippen LogP contribution < -0.4 is 5.32 Å². The molecule has 0 saturated carbocycles. The standard InChI is InChI=1S/C20H18FN3O2/c21-16-8-6-15(7-9-16)20(25)22-10-17-11-24-12-18(23-19(24)13-26-17)14-4-2-1-3-5-14/h1-9,12,17H,10-11,13H2,(H,22,25)/t17-/m0/s1. The fraction of sp³-hybridized carbons (Fsp3) is 0.200. The van der Waals surface area contributed by atoms with Gasteiger partial charge in [0.2, 0.25) is 0 Å². The van der Waals surface area contributed by atoms with Gasteiger partial charge in [-0.15, -0.1) is 0 Å². The van der Waals surface area contributed by atoms with Crippen LogP contribution in [-0.4, -0.2) is 28.1 Å². The first kappa shape index (κ1) is 16.5. The molecular weight excluding hydrogens is 333 g/mol. The first-order valence-corrected chi connectivity index (χ1v) is 8.46. The van der Waals surface area contributed by atoms with Crippen molar-refractivity contribution in [2.24, 2.45) is 0 Å². The molecule has 0 spiro atoms. The molecular formula is C20H18FN3O2. The summed E-state index contributed by atoms with van der Waals surface area (Å²) in [5.41, 5.74) is 2.41. The fourth-order valence-electron chi connectivity index (χ4n) is 2.97. The van der Waals surface area contributed by atoms with Gasteiger partial charge in [0.25, 0.3) is 5.91 Å². The zero-order valence-electron chi connectivity index (χ0n) is 14.1. The molecule has 0 bridgehead atoms. The Labute approximate surface area is 150 Å². The van der Waals surface area contributed by atoms with Crippen LogP contribution >= 0.6 is 0 Å². The molecule has 5 nitrogen and oxygen atoms in total. The van der Waals surface area contributed by atoms with E-state index in [9.17, 15) is 9.18 Å². The van der Waals surface area contributed by atoms with E-state index in [2.05, 4.69) is 14.9 Å². The molecule has 4 rings (SSSR count). The number of hydrogen-bond acceptors (Lipinski definition) is 3. The van der Waals surface area contributed by atoms with E-state index in [0.29, 0.717) is 25.3 Å². The average molecular weight is 351 g/mol. The van der Waals surface area contributed by atoms with Crippen molar-refractivity contribution in [1.82, 2.24) is 14.9 Å². The van der Waals surface area contributed by atoms with Gasteiger partial charge < -0.3 is 14.6 Å². The quantitative estimate of drug-likeness (QED) is 0.786. The van der Waals surface area contributed by atoms with Crippen LogP contribution in [0.1, 0.15) is 16.2 Å². The van der Waals surface area contributed by atoms with Gasteiger partial charge in [0.15, 0.2) is 0 Å². The van der Waals surface area contributed by atoms with Crippen molar-refractivity contribution in [2.45, 2.75) is 19.3 Å². The van der Waals surface area contributed by atoms with Crippen LogP contribution in [0, 0.1) is 5.82 Å². The monoisotopic (exact) mass is 351 g/mol. The summed E-state index contributed by atoms with van der Waals surface area (Å²) in [4.78, 5) is 16.7. The highest BCUT2D eigenvalue weighted by Crippen LogP contribution is 2.22. The number of imidazole rings is 1. The van der Waals surface area contributed by atoms with Crippen molar-refractivity contribution < 1.29 is 13.9 Å². The summed E-state index contributed by atoms with van der Waals surface area (Å²) >= 11 is 0. The number of fused-ring (bicyclic) bond motifs is 1. The summed E-state index contributed by atoms with van der Waals surface area (Å²) in [7, 11) is 0. The number of carbonyl (C=O) groups excluding carboxylic acids is 1. The van der Waals surface area contributed by atoms with Crippen molar-refractivity contribution in [1.29, 1.82) is 0 Å². The largest absolute Gasteiger partial charge is 0.367 e. The second kappa shape index (κ2) is 7.09. The van der Waals surface area contributed by atoms with Crippen LogP contribution in [0.15, 0.2) is 60.8 Å². The third-order valence-corrected chi connectivity index (χ3v) is 4.37. The molecule has 3 aromatic rings. The second-order valence-corrected chi connectivity index (χ2v) is 6.21. The molecule has 6 heteroatoms. The Balaban J connectivity index is 1.38. The van der Waals surface area contributed by atoms with Gasteiger partial charge >= 0.3 is 0 Å². The Morgan fingerprint density at radius 1 is 1.19 bits per heavy atom. The van der Waals surface area contributed by atoms with Gasteiger partial charge in [-0.3, -0.25) is 4.79 Å². The van der Waals surface area contributed by atoms with E-state index in [-0.39, 0.29) is 17.8 Å². The first-order valence-electron chi connectivity index (χ1n) is 8.46. The van der Waals surface area contributed by atoms with Crippen molar-refractivity contribution in [3.8, 4) is 11.3 Å². The van der Waals surface area contributed by atoms with Crippen LogP contribution in [0.3, 0.4) is 0 Å². The maximum absolute atomic E-state index is 12.9. The lowest BCUT2D eigenvalue weighted by Gasteiger charge is -2.24. The third-order valence-electron chi connectivity index (χ3n) is 4.37. The van der Waals surface area contributed by atoms with Crippen LogP contribution in [0.5, 0.6) is 0 Å². The fourth-order valence-corrected chi connectivity index (χ4v) is 2.97. The van der Waals surface area contributed by atoms with Crippen molar-refractivity contribution >= 4 is 5.91 Å².